The fourth-order valence-electron chi connectivity index (χ4n) is 2.08. The highest BCUT2D eigenvalue weighted by atomic mass is 15.1. The first kappa shape index (κ1) is 14.1. The van der Waals surface area contributed by atoms with Crippen LogP contribution in [0.5, 0.6) is 0 Å². The lowest BCUT2D eigenvalue weighted by Gasteiger charge is -2.04. The Morgan fingerprint density at radius 1 is 0.850 bits per heavy atom. The van der Waals surface area contributed by atoms with Crippen LogP contribution in [0.25, 0.3) is 0 Å². The summed E-state index contributed by atoms with van der Waals surface area (Å²) < 4.78 is 4.30. The van der Waals surface area contributed by atoms with Crippen molar-refractivity contribution in [2.75, 3.05) is 0 Å². The highest BCUT2D eigenvalue weighted by Crippen LogP contribution is 1.91. The summed E-state index contributed by atoms with van der Waals surface area (Å²) in [7, 11) is 0. The lowest BCUT2D eigenvalue weighted by atomic mass is 10.3. The third-order valence-corrected chi connectivity index (χ3v) is 3.05. The Kier molecular flexibility index (Phi) is 5.12. The summed E-state index contributed by atoms with van der Waals surface area (Å²) in [4.78, 5) is 8.78. The van der Waals surface area contributed by atoms with Crippen LogP contribution in [0.1, 0.15) is 11.6 Å². The zero-order valence-corrected chi connectivity index (χ0v) is 11.7. The molecule has 0 spiro atoms. The minimum Gasteiger partial charge on any atom is -0.230 e. The standard InChI is InChI=1S/C16H20N4/c1-3-7-15-17-9-5-11-19(15)13-14-20-12-6-10-18-16(20)8-4-2/h3-6,9-12H,1-2,7-8,13-14H2/q+2. The van der Waals surface area contributed by atoms with E-state index in [1.807, 2.05) is 36.7 Å². The van der Waals surface area contributed by atoms with E-state index < -0.39 is 0 Å². The van der Waals surface area contributed by atoms with Crippen molar-refractivity contribution in [3.05, 3.63) is 73.9 Å². The number of aryl methyl sites for hydroxylation is 2. The van der Waals surface area contributed by atoms with Crippen molar-refractivity contribution in [3.63, 3.8) is 0 Å². The molecule has 4 heteroatoms. The smallest absolute Gasteiger partial charge is 0.230 e. The highest BCUT2D eigenvalue weighted by Gasteiger charge is 2.13. The monoisotopic (exact) mass is 268 g/mol. The van der Waals surface area contributed by atoms with Crippen molar-refractivity contribution < 1.29 is 9.13 Å². The maximum Gasteiger partial charge on any atom is 0.302 e. The van der Waals surface area contributed by atoms with Crippen molar-refractivity contribution in [3.8, 4) is 0 Å². The van der Waals surface area contributed by atoms with Gasteiger partial charge in [-0.3, -0.25) is 0 Å². The van der Waals surface area contributed by atoms with E-state index in [1.54, 1.807) is 0 Å². The molecule has 20 heavy (non-hydrogen) atoms. The van der Waals surface area contributed by atoms with Crippen LogP contribution in [0.3, 0.4) is 0 Å². The van der Waals surface area contributed by atoms with Crippen molar-refractivity contribution in [2.24, 2.45) is 0 Å². The second kappa shape index (κ2) is 7.28. The van der Waals surface area contributed by atoms with Gasteiger partial charge in [-0.15, -0.1) is 13.2 Å². The van der Waals surface area contributed by atoms with E-state index in [2.05, 4.69) is 44.7 Å². The molecule has 0 aliphatic heterocycles. The maximum absolute atomic E-state index is 4.39. The molecule has 0 atom stereocenters. The van der Waals surface area contributed by atoms with Crippen molar-refractivity contribution in [1.29, 1.82) is 0 Å². The molecule has 102 valence electrons. The fourth-order valence-corrected chi connectivity index (χ4v) is 2.08. The lowest BCUT2D eigenvalue weighted by Crippen LogP contribution is -2.49. The predicted molar refractivity (Wildman–Crippen MR) is 76.7 cm³/mol. The first-order chi connectivity index (χ1) is 9.85. The third kappa shape index (κ3) is 3.57. The van der Waals surface area contributed by atoms with Crippen LogP contribution in [0.2, 0.25) is 0 Å². The molecule has 0 bridgehead atoms. The molecule has 0 amide bonds. The predicted octanol–water partition coefficient (Wildman–Crippen LogP) is 1.21. The molecule has 0 N–H and O–H groups in total. The van der Waals surface area contributed by atoms with Gasteiger partial charge in [-0.05, 0) is 0 Å². The van der Waals surface area contributed by atoms with Gasteiger partial charge >= 0.3 is 11.6 Å². The van der Waals surface area contributed by atoms with Crippen LogP contribution in [0.15, 0.2) is 62.2 Å². The number of hydrogen-bond acceptors (Lipinski definition) is 2. The van der Waals surface area contributed by atoms with Crippen LogP contribution in [0.4, 0.5) is 0 Å². The van der Waals surface area contributed by atoms with E-state index >= 15 is 0 Å². The molecule has 0 aliphatic carbocycles. The SMILES string of the molecule is C=CCc1nccc[n+]1CC[n+]1cccnc1CC=C. The molecule has 2 aromatic heterocycles. The molecular formula is C16H20N4+2. The van der Waals surface area contributed by atoms with E-state index in [0.717, 1.165) is 37.6 Å². The summed E-state index contributed by atoms with van der Waals surface area (Å²) >= 11 is 0. The molecule has 0 saturated carbocycles. The van der Waals surface area contributed by atoms with Crippen LogP contribution in [-0.4, -0.2) is 9.97 Å². The Bertz CT molecular complexity index is 539. The van der Waals surface area contributed by atoms with Crippen LogP contribution >= 0.6 is 0 Å². The molecular weight excluding hydrogens is 248 g/mol. The van der Waals surface area contributed by atoms with E-state index in [9.17, 15) is 0 Å². The first-order valence-corrected chi connectivity index (χ1v) is 6.73. The summed E-state index contributed by atoms with van der Waals surface area (Å²) in [5, 5.41) is 0. The third-order valence-electron chi connectivity index (χ3n) is 3.05. The van der Waals surface area contributed by atoms with Crippen LogP contribution in [0, 0.1) is 0 Å². The maximum atomic E-state index is 4.39. The zero-order valence-electron chi connectivity index (χ0n) is 11.7. The second-order valence-corrected chi connectivity index (χ2v) is 4.44. The quantitative estimate of drug-likeness (QED) is 0.558. The lowest BCUT2D eigenvalue weighted by molar-refractivity contribution is -0.787. The number of allylic oxidation sites excluding steroid dienone is 2. The van der Waals surface area contributed by atoms with Gasteiger partial charge in [0.05, 0.1) is 25.2 Å². The van der Waals surface area contributed by atoms with E-state index in [-0.39, 0.29) is 0 Å². The molecule has 0 fully saturated rings. The van der Waals surface area contributed by atoms with E-state index in [0.29, 0.717) is 0 Å². The molecule has 4 nitrogen and oxygen atoms in total. The average molecular weight is 268 g/mol. The highest BCUT2D eigenvalue weighted by molar-refractivity contribution is 4.88. The van der Waals surface area contributed by atoms with E-state index in [1.165, 1.54) is 0 Å². The van der Waals surface area contributed by atoms with Gasteiger partial charge in [0.25, 0.3) is 0 Å². The second-order valence-electron chi connectivity index (χ2n) is 4.44. The van der Waals surface area contributed by atoms with Gasteiger partial charge in [-0.25, -0.2) is 9.13 Å². The Hall–Kier alpha value is -2.36. The Morgan fingerprint density at radius 3 is 1.70 bits per heavy atom. The summed E-state index contributed by atoms with van der Waals surface area (Å²) in [6, 6.07) is 3.90. The van der Waals surface area contributed by atoms with Crippen molar-refractivity contribution in [1.82, 2.24) is 9.97 Å². The minimum atomic E-state index is 0.776. The molecule has 2 rings (SSSR count). The number of nitrogens with zero attached hydrogens (tertiary/aromatic N) is 4. The van der Waals surface area contributed by atoms with Gasteiger partial charge in [-0.1, -0.05) is 22.1 Å². The molecule has 0 aromatic carbocycles. The summed E-state index contributed by atoms with van der Waals surface area (Å²) in [6.07, 6.45) is 13.0. The topological polar surface area (TPSA) is 33.5 Å². The van der Waals surface area contributed by atoms with Gasteiger partial charge in [-0.2, -0.15) is 0 Å². The Balaban J connectivity index is 2.12. The zero-order chi connectivity index (χ0) is 14.2. The number of hydrogen-bond donors (Lipinski definition) is 0. The molecule has 0 saturated heterocycles. The van der Waals surface area contributed by atoms with E-state index in [4.69, 9.17) is 0 Å². The normalized spacial score (nSPS) is 10.2. The number of rotatable bonds is 7. The Labute approximate surface area is 119 Å². The van der Waals surface area contributed by atoms with Crippen LogP contribution < -0.4 is 9.13 Å². The molecule has 0 radical (unpaired) electrons. The largest absolute Gasteiger partial charge is 0.302 e. The molecule has 0 aliphatic rings. The Morgan fingerprint density at radius 2 is 1.30 bits per heavy atom. The van der Waals surface area contributed by atoms with Crippen LogP contribution in [-0.2, 0) is 25.9 Å². The average Bonchev–Trinajstić information content (AvgIpc) is 2.48. The summed E-state index contributed by atoms with van der Waals surface area (Å²) in [5.74, 6) is 2.05. The van der Waals surface area contributed by atoms with Gasteiger partial charge in [0.1, 0.15) is 25.5 Å². The minimum absolute atomic E-state index is 0.776. The molecule has 2 aromatic rings. The fraction of sp³-hybridized carbons (Fsp3) is 0.250. The first-order valence-electron chi connectivity index (χ1n) is 6.73. The van der Waals surface area contributed by atoms with Gasteiger partial charge in [0, 0.05) is 12.1 Å². The summed E-state index contributed by atoms with van der Waals surface area (Å²) in [5.41, 5.74) is 0. The van der Waals surface area contributed by atoms with Gasteiger partial charge in [0.2, 0.25) is 0 Å². The van der Waals surface area contributed by atoms with Gasteiger partial charge < -0.3 is 0 Å². The van der Waals surface area contributed by atoms with Gasteiger partial charge in [0.15, 0.2) is 0 Å². The van der Waals surface area contributed by atoms with Crippen molar-refractivity contribution in [2.45, 2.75) is 25.9 Å². The molecule has 0 unspecified atom stereocenters. The molecule has 2 heterocycles. The van der Waals surface area contributed by atoms with Crippen molar-refractivity contribution >= 4 is 0 Å². The summed E-state index contributed by atoms with van der Waals surface area (Å²) in [6.45, 7) is 9.27. The number of aromatic nitrogens is 4.